The van der Waals surface area contributed by atoms with Gasteiger partial charge in [0.05, 0.1) is 12.1 Å². The zero-order valence-corrected chi connectivity index (χ0v) is 16.1. The van der Waals surface area contributed by atoms with Crippen molar-refractivity contribution in [1.29, 1.82) is 0 Å². The summed E-state index contributed by atoms with van der Waals surface area (Å²) in [6.07, 6.45) is 1.79. The minimum Gasteiger partial charge on any atom is -0.463 e. The van der Waals surface area contributed by atoms with Gasteiger partial charge in [0, 0.05) is 28.1 Å². The molecular formula is C21H19Cl2NO2. The lowest BCUT2D eigenvalue weighted by Crippen LogP contribution is -2.04. The Morgan fingerprint density at radius 3 is 2.50 bits per heavy atom. The number of rotatable bonds is 5. The molecule has 0 aliphatic carbocycles. The Morgan fingerprint density at radius 1 is 1.12 bits per heavy atom. The lowest BCUT2D eigenvalue weighted by Gasteiger charge is -2.08. The fourth-order valence-electron chi connectivity index (χ4n) is 2.88. The van der Waals surface area contributed by atoms with Gasteiger partial charge in [-0.05, 0) is 43.7 Å². The summed E-state index contributed by atoms with van der Waals surface area (Å²) < 4.78 is 7.10. The van der Waals surface area contributed by atoms with Gasteiger partial charge in [0.2, 0.25) is 0 Å². The highest BCUT2D eigenvalue weighted by Gasteiger charge is 2.16. The van der Waals surface area contributed by atoms with Gasteiger partial charge in [0.15, 0.2) is 0 Å². The van der Waals surface area contributed by atoms with Crippen molar-refractivity contribution in [2.24, 2.45) is 0 Å². The predicted molar refractivity (Wildman–Crippen MR) is 108 cm³/mol. The van der Waals surface area contributed by atoms with Crippen LogP contribution in [0.1, 0.15) is 25.0 Å². The van der Waals surface area contributed by atoms with E-state index in [1.54, 1.807) is 19.9 Å². The molecule has 0 atom stereocenters. The summed E-state index contributed by atoms with van der Waals surface area (Å²) in [6.45, 7) is 4.48. The van der Waals surface area contributed by atoms with Crippen molar-refractivity contribution in [3.05, 3.63) is 75.4 Å². The average molecular weight is 388 g/mol. The van der Waals surface area contributed by atoms with Crippen molar-refractivity contribution in [3.63, 3.8) is 0 Å². The Labute approximate surface area is 162 Å². The van der Waals surface area contributed by atoms with Gasteiger partial charge in [-0.1, -0.05) is 53.5 Å². The molecule has 26 heavy (non-hydrogen) atoms. The molecule has 5 heteroatoms. The van der Waals surface area contributed by atoms with E-state index in [2.05, 4.69) is 0 Å². The van der Waals surface area contributed by atoms with Crippen molar-refractivity contribution in [2.45, 2.75) is 20.4 Å². The van der Waals surface area contributed by atoms with E-state index >= 15 is 0 Å². The van der Waals surface area contributed by atoms with Crippen LogP contribution in [-0.2, 0) is 16.1 Å². The number of hydrogen-bond acceptors (Lipinski definition) is 2. The highest BCUT2D eigenvalue weighted by atomic mass is 35.5. The van der Waals surface area contributed by atoms with E-state index in [-0.39, 0.29) is 5.97 Å². The average Bonchev–Trinajstić information content (AvgIpc) is 2.89. The van der Waals surface area contributed by atoms with Gasteiger partial charge in [-0.15, -0.1) is 0 Å². The van der Waals surface area contributed by atoms with Crippen LogP contribution in [0.3, 0.4) is 0 Å². The molecule has 0 spiro atoms. The van der Waals surface area contributed by atoms with Crippen LogP contribution in [-0.4, -0.2) is 17.1 Å². The number of nitrogens with zero attached hydrogens (tertiary/aromatic N) is 1. The second-order valence-electron chi connectivity index (χ2n) is 5.98. The van der Waals surface area contributed by atoms with Gasteiger partial charge in [-0.2, -0.15) is 0 Å². The first-order chi connectivity index (χ1) is 12.5. The Kier molecular flexibility index (Phi) is 5.70. The van der Waals surface area contributed by atoms with Crippen LogP contribution in [0, 0.1) is 0 Å². The van der Waals surface area contributed by atoms with Crippen LogP contribution in [0.15, 0.2) is 54.1 Å². The van der Waals surface area contributed by atoms with Crippen molar-refractivity contribution in [2.75, 3.05) is 6.61 Å². The third-order valence-corrected chi connectivity index (χ3v) is 4.82. The number of hydrogen-bond donors (Lipinski definition) is 0. The minimum absolute atomic E-state index is 0.335. The topological polar surface area (TPSA) is 31.2 Å². The van der Waals surface area contributed by atoms with Gasteiger partial charge >= 0.3 is 5.97 Å². The van der Waals surface area contributed by atoms with E-state index < -0.39 is 0 Å². The normalized spacial score (nSPS) is 11.8. The minimum atomic E-state index is -0.335. The Bertz CT molecular complexity index is 972. The smallest absolute Gasteiger partial charge is 0.333 e. The Morgan fingerprint density at radius 2 is 1.81 bits per heavy atom. The maximum atomic E-state index is 12.0. The Balaban J connectivity index is 2.08. The summed E-state index contributed by atoms with van der Waals surface area (Å²) in [6, 6.07) is 15.6. The van der Waals surface area contributed by atoms with Gasteiger partial charge in [0.1, 0.15) is 5.15 Å². The molecular weight excluding hydrogens is 369 g/mol. The molecule has 0 aliphatic rings. The number of aromatic nitrogens is 1. The highest BCUT2D eigenvalue weighted by molar-refractivity contribution is 6.33. The molecule has 1 aromatic heterocycles. The molecule has 0 fully saturated rings. The van der Waals surface area contributed by atoms with Gasteiger partial charge < -0.3 is 9.30 Å². The molecule has 0 amide bonds. The van der Waals surface area contributed by atoms with Crippen LogP contribution in [0.2, 0.25) is 10.2 Å². The zero-order chi connectivity index (χ0) is 18.7. The van der Waals surface area contributed by atoms with Crippen molar-refractivity contribution in [3.8, 4) is 0 Å². The van der Waals surface area contributed by atoms with Crippen LogP contribution >= 0.6 is 23.2 Å². The van der Waals surface area contributed by atoms with Crippen LogP contribution in [0.4, 0.5) is 0 Å². The zero-order valence-electron chi connectivity index (χ0n) is 14.6. The molecule has 0 radical (unpaired) electrons. The SMILES string of the molecule is CCOC(=O)/C(C)=C/c1c(Cl)n(Cc2ccc(Cl)cc2)c2ccccc12. The van der Waals surface area contributed by atoms with Crippen LogP contribution in [0.5, 0.6) is 0 Å². The van der Waals surface area contributed by atoms with Crippen LogP contribution < -0.4 is 0 Å². The molecule has 0 saturated carbocycles. The molecule has 0 aliphatic heterocycles. The molecule has 3 rings (SSSR count). The van der Waals surface area contributed by atoms with Gasteiger partial charge in [-0.3, -0.25) is 0 Å². The van der Waals surface area contributed by atoms with Crippen molar-refractivity contribution < 1.29 is 9.53 Å². The number of carbonyl (C=O) groups is 1. The fraction of sp³-hybridized carbons (Fsp3) is 0.190. The number of carbonyl (C=O) groups excluding carboxylic acids is 1. The molecule has 134 valence electrons. The maximum absolute atomic E-state index is 12.0. The maximum Gasteiger partial charge on any atom is 0.333 e. The van der Waals surface area contributed by atoms with Gasteiger partial charge in [-0.25, -0.2) is 4.79 Å². The summed E-state index contributed by atoms with van der Waals surface area (Å²) in [5.74, 6) is -0.335. The second-order valence-corrected chi connectivity index (χ2v) is 6.78. The molecule has 1 heterocycles. The predicted octanol–water partition coefficient (Wildman–Crippen LogP) is 5.96. The standard InChI is InChI=1S/C21H19Cl2NO2/c1-3-26-21(25)14(2)12-18-17-6-4-5-7-19(17)24(20(18)23)13-15-8-10-16(22)11-9-15/h4-12H,3,13H2,1-2H3/b14-12+. The van der Waals surface area contributed by atoms with E-state index in [0.717, 1.165) is 22.0 Å². The number of para-hydroxylation sites is 1. The number of halogens is 2. The first-order valence-electron chi connectivity index (χ1n) is 8.38. The quantitative estimate of drug-likeness (QED) is 0.399. The van der Waals surface area contributed by atoms with Crippen molar-refractivity contribution in [1.82, 2.24) is 4.57 Å². The second kappa shape index (κ2) is 7.98. The lowest BCUT2D eigenvalue weighted by atomic mass is 10.1. The third-order valence-electron chi connectivity index (χ3n) is 4.16. The summed E-state index contributed by atoms with van der Waals surface area (Å²) >= 11 is 12.7. The van der Waals surface area contributed by atoms with E-state index in [1.165, 1.54) is 0 Å². The number of ether oxygens (including phenoxy) is 1. The molecule has 2 aromatic carbocycles. The molecule has 0 saturated heterocycles. The molecule has 3 nitrogen and oxygen atoms in total. The van der Waals surface area contributed by atoms with Crippen molar-refractivity contribution >= 4 is 46.2 Å². The number of benzene rings is 2. The highest BCUT2D eigenvalue weighted by Crippen LogP contribution is 2.32. The van der Waals surface area contributed by atoms with E-state index in [0.29, 0.717) is 28.9 Å². The fourth-order valence-corrected chi connectivity index (χ4v) is 3.32. The molecule has 0 unspecified atom stereocenters. The number of esters is 1. The van der Waals surface area contributed by atoms with Gasteiger partial charge in [0.25, 0.3) is 0 Å². The van der Waals surface area contributed by atoms with E-state index in [9.17, 15) is 4.79 Å². The largest absolute Gasteiger partial charge is 0.463 e. The number of fused-ring (bicyclic) bond motifs is 1. The van der Waals surface area contributed by atoms with Crippen LogP contribution in [0.25, 0.3) is 17.0 Å². The molecule has 0 bridgehead atoms. The summed E-state index contributed by atoms with van der Waals surface area (Å²) in [4.78, 5) is 12.0. The monoisotopic (exact) mass is 387 g/mol. The first kappa shape index (κ1) is 18.6. The summed E-state index contributed by atoms with van der Waals surface area (Å²) in [5, 5.41) is 2.28. The third kappa shape index (κ3) is 3.79. The molecule has 3 aromatic rings. The summed E-state index contributed by atoms with van der Waals surface area (Å²) in [7, 11) is 0. The van der Waals surface area contributed by atoms with E-state index in [1.807, 2.05) is 53.1 Å². The summed E-state index contributed by atoms with van der Waals surface area (Å²) in [5.41, 5.74) is 3.44. The van der Waals surface area contributed by atoms with E-state index in [4.69, 9.17) is 27.9 Å². The lowest BCUT2D eigenvalue weighted by molar-refractivity contribution is -0.138. The Hall–Kier alpha value is -2.23. The first-order valence-corrected chi connectivity index (χ1v) is 9.13. The molecule has 0 N–H and O–H groups in total.